The van der Waals surface area contributed by atoms with E-state index in [0.29, 0.717) is 23.1 Å². The summed E-state index contributed by atoms with van der Waals surface area (Å²) in [5, 5.41) is 24.9. The quantitative estimate of drug-likeness (QED) is 0.0898. The summed E-state index contributed by atoms with van der Waals surface area (Å²) in [6.07, 6.45) is 3.68. The maximum Gasteiger partial charge on any atom is 1.00 e. The van der Waals surface area contributed by atoms with Crippen LogP contribution in [0.2, 0.25) is 10.0 Å². The van der Waals surface area contributed by atoms with Crippen molar-refractivity contribution in [1.82, 2.24) is 0 Å². The first kappa shape index (κ1) is 45.4. The molecule has 0 radical (unpaired) electrons. The number of carbonyl (C=O) groups excluding carboxylic acids is 2. The first-order valence-corrected chi connectivity index (χ1v) is 13.2. The number of carboxylic acids is 2. The fraction of sp³-hybridized carbons (Fsp3) is 0.308. The normalized spacial score (nSPS) is 11.3. The third-order valence-electron chi connectivity index (χ3n) is 4.32. The summed E-state index contributed by atoms with van der Waals surface area (Å²) in [5.41, 5.74) is 24.8. The van der Waals surface area contributed by atoms with Crippen LogP contribution < -0.4 is 43.8 Å². The van der Waals surface area contributed by atoms with Crippen LogP contribution in [-0.2, 0) is 54.3 Å². The maximum atomic E-state index is 8.89. The number of aliphatic imine (C=N–C) groups is 4. The maximum absolute atomic E-state index is 8.89. The number of benzene rings is 2. The van der Waals surface area contributed by atoms with E-state index in [1.165, 1.54) is 0 Å². The molecule has 0 saturated carbocycles. The molecule has 0 aliphatic carbocycles. The molecule has 0 atom stereocenters. The summed E-state index contributed by atoms with van der Waals surface area (Å²) in [4.78, 5) is 34.3. The second kappa shape index (κ2) is 27.5. The summed E-state index contributed by atoms with van der Waals surface area (Å²) in [7, 11) is 0. The summed E-state index contributed by atoms with van der Waals surface area (Å²) in [5.74, 6) is -1.60. The summed E-state index contributed by atoms with van der Waals surface area (Å²) in [6.45, 7) is 3.07. The number of carboxylic acid groups (broad SMARTS) is 2. The number of nitrogens with two attached hydrogens (primary N) is 4. The average Bonchev–Trinajstić information content (AvgIpc) is 2.87. The molecule has 0 aliphatic heterocycles. The van der Waals surface area contributed by atoms with Crippen molar-refractivity contribution >= 4 is 70.4 Å². The van der Waals surface area contributed by atoms with Crippen LogP contribution in [0.3, 0.4) is 0 Å². The van der Waals surface area contributed by atoms with Crippen molar-refractivity contribution < 1.29 is 64.6 Å². The first-order valence-electron chi connectivity index (χ1n) is 12.5. The molecule has 0 aliphatic rings. The summed E-state index contributed by atoms with van der Waals surface area (Å²) in [6, 6.07) is 14.1. The number of unbranched alkanes of at least 4 members (excludes halogenated alkanes) is 3. The molecule has 14 nitrogen and oxygen atoms in total. The Morgan fingerprint density at radius 3 is 1.18 bits per heavy atom. The third-order valence-corrected chi connectivity index (χ3v) is 4.82. The van der Waals surface area contributed by atoms with Crippen LogP contribution in [0, 0.1) is 0 Å². The zero-order valence-corrected chi connectivity index (χ0v) is 28.4. The Labute approximate surface area is 297 Å². The van der Waals surface area contributed by atoms with Crippen molar-refractivity contribution in [1.29, 1.82) is 0 Å². The third kappa shape index (κ3) is 29.0. The molecule has 0 amide bonds. The molecule has 0 fully saturated rings. The van der Waals surface area contributed by atoms with Crippen molar-refractivity contribution in [2.45, 2.75) is 39.5 Å². The largest absolute Gasteiger partial charge is 1.00 e. The van der Waals surface area contributed by atoms with E-state index in [0.717, 1.165) is 50.9 Å². The average molecular weight is 839 g/mol. The number of nitrogens with zero attached hydrogens (tertiary/aromatic N) is 4. The van der Waals surface area contributed by atoms with E-state index in [-0.39, 0.29) is 68.6 Å². The van der Waals surface area contributed by atoms with Crippen LogP contribution in [-0.4, -0.2) is 48.9 Å². The van der Waals surface area contributed by atoms with Gasteiger partial charge < -0.3 is 53.4 Å². The van der Waals surface area contributed by atoms with Gasteiger partial charge in [-0.15, -0.1) is 0 Å². The Hall–Kier alpha value is -3.08. The van der Waals surface area contributed by atoms with Crippen molar-refractivity contribution in [3.63, 3.8) is 0 Å². The van der Waals surface area contributed by atoms with Gasteiger partial charge in [0.05, 0.1) is 0 Å². The zero-order valence-electron chi connectivity index (χ0n) is 24.0. The molecule has 0 spiro atoms. The van der Waals surface area contributed by atoms with Gasteiger partial charge in [-0.1, -0.05) is 36.0 Å². The van der Waals surface area contributed by atoms with Crippen molar-refractivity contribution in [2.75, 3.05) is 23.7 Å². The standard InChI is InChI=1S/C22H30Cl2N10.2C2H4O2.2Ag/c23-15-5-9-17(10-6-15)31-21(27)33-19(25)29-13-3-1-2-4-14-30-20(26)34-22(28)32-18-11-7-16(24)8-12-18;2*1-2(3)4;;/h5-12H,1-4,13-14H2,(H5,25,27,29,31,33)(H5,26,28,30,32,34);2*1H3,(H,3,4);;/q;;;2*+1/p-2. The molecule has 250 valence electrons. The van der Waals surface area contributed by atoms with Gasteiger partial charge in [0.15, 0.2) is 0 Å². The molecule has 0 aromatic heterocycles. The molecule has 44 heavy (non-hydrogen) atoms. The van der Waals surface area contributed by atoms with Crippen molar-refractivity contribution in [2.24, 2.45) is 42.9 Å². The number of guanidine groups is 4. The summed E-state index contributed by atoms with van der Waals surface area (Å²) >= 11 is 11.7. The van der Waals surface area contributed by atoms with Gasteiger partial charge >= 0.3 is 44.8 Å². The van der Waals surface area contributed by atoms with Crippen LogP contribution in [0.4, 0.5) is 11.4 Å². The molecule has 2 aromatic rings. The molecule has 10 N–H and O–H groups in total. The fourth-order valence-corrected chi connectivity index (χ4v) is 2.95. The molecule has 18 heteroatoms. The van der Waals surface area contributed by atoms with Gasteiger partial charge in [-0.05, 0) is 75.2 Å². The smallest absolute Gasteiger partial charge is 0.550 e. The van der Waals surface area contributed by atoms with Gasteiger partial charge in [-0.3, -0.25) is 9.98 Å². The fourth-order valence-electron chi connectivity index (χ4n) is 2.70. The molecular formula is C26H36Ag2Cl2N10O4. The molecule has 0 bridgehead atoms. The number of carbonyl (C=O) groups is 2. The molecule has 2 aromatic carbocycles. The van der Waals surface area contributed by atoms with Gasteiger partial charge in [0, 0.05) is 46.4 Å². The van der Waals surface area contributed by atoms with Crippen molar-refractivity contribution in [3.8, 4) is 0 Å². The van der Waals surface area contributed by atoms with Gasteiger partial charge in [-0.2, -0.15) is 9.98 Å². The van der Waals surface area contributed by atoms with Crippen molar-refractivity contribution in [3.05, 3.63) is 58.6 Å². The number of nitrogens with one attached hydrogen (secondary N) is 2. The minimum Gasteiger partial charge on any atom is -0.550 e. The van der Waals surface area contributed by atoms with Crippen LogP contribution in [0.1, 0.15) is 39.5 Å². The predicted molar refractivity (Wildman–Crippen MR) is 166 cm³/mol. The van der Waals surface area contributed by atoms with Gasteiger partial charge in [-0.25, -0.2) is 0 Å². The minimum absolute atomic E-state index is 0. The molecule has 0 saturated heterocycles. The number of rotatable bonds is 9. The van der Waals surface area contributed by atoms with Crippen LogP contribution in [0.25, 0.3) is 0 Å². The zero-order chi connectivity index (χ0) is 31.9. The van der Waals surface area contributed by atoms with Gasteiger partial charge in [0.2, 0.25) is 23.8 Å². The second-order valence-electron chi connectivity index (χ2n) is 8.14. The SMILES string of the molecule is CC(=O)[O-].CC(=O)[O-].NC(=NCCCCCCN=C(N)N=C(N)Nc1ccc(Cl)cc1)N=C(N)Nc1ccc(Cl)cc1.[Ag+].[Ag+]. The van der Waals surface area contributed by atoms with Crippen LogP contribution in [0.15, 0.2) is 68.5 Å². The van der Waals surface area contributed by atoms with E-state index in [1.807, 2.05) is 0 Å². The van der Waals surface area contributed by atoms with Crippen LogP contribution >= 0.6 is 23.2 Å². The van der Waals surface area contributed by atoms with E-state index in [1.54, 1.807) is 48.5 Å². The second-order valence-corrected chi connectivity index (χ2v) is 9.01. The number of aliphatic carboxylic acids is 2. The number of hydrogen-bond donors (Lipinski definition) is 6. The Morgan fingerprint density at radius 1 is 0.636 bits per heavy atom. The predicted octanol–water partition coefficient (Wildman–Crippen LogP) is 0.844. The Balaban J connectivity index is -0.00000150. The van der Waals surface area contributed by atoms with E-state index in [9.17, 15) is 0 Å². The Kier molecular flexibility index (Phi) is 28.3. The molecule has 0 heterocycles. The first-order chi connectivity index (χ1) is 19.8. The Bertz CT molecular complexity index is 1130. The van der Waals surface area contributed by atoms with E-state index in [2.05, 4.69) is 30.6 Å². The molecular weight excluding hydrogens is 803 g/mol. The molecule has 2 rings (SSSR count). The summed E-state index contributed by atoms with van der Waals surface area (Å²) < 4.78 is 0. The monoisotopic (exact) mass is 836 g/mol. The number of anilines is 2. The van der Waals surface area contributed by atoms with E-state index >= 15 is 0 Å². The van der Waals surface area contributed by atoms with Gasteiger partial charge in [0.1, 0.15) is 0 Å². The minimum atomic E-state index is -1.08. The number of halogens is 2. The van der Waals surface area contributed by atoms with E-state index in [4.69, 9.17) is 65.9 Å². The Morgan fingerprint density at radius 2 is 0.909 bits per heavy atom. The number of hydrogen-bond acceptors (Lipinski definition) is 6. The van der Waals surface area contributed by atoms with Gasteiger partial charge in [0.25, 0.3) is 0 Å². The topological polar surface area (TPSA) is 258 Å². The van der Waals surface area contributed by atoms with E-state index < -0.39 is 11.9 Å². The molecule has 0 unspecified atom stereocenters. The van der Waals surface area contributed by atoms with Crippen LogP contribution in [0.5, 0.6) is 0 Å².